The minimum atomic E-state index is -3.77. The molecule has 6 nitrogen and oxygen atoms in total. The summed E-state index contributed by atoms with van der Waals surface area (Å²) >= 11 is 6.03. The second kappa shape index (κ2) is 8.73. The van der Waals surface area contributed by atoms with Crippen LogP contribution < -0.4 is 10.1 Å². The molecule has 1 aliphatic rings. The highest BCUT2D eigenvalue weighted by atomic mass is 35.5. The van der Waals surface area contributed by atoms with Gasteiger partial charge in [-0.3, -0.25) is 4.79 Å². The predicted octanol–water partition coefficient (Wildman–Crippen LogP) is 4.00. The van der Waals surface area contributed by atoms with Crippen molar-refractivity contribution in [2.45, 2.75) is 31.6 Å². The van der Waals surface area contributed by atoms with E-state index in [-0.39, 0.29) is 17.3 Å². The van der Waals surface area contributed by atoms with Gasteiger partial charge in [0.25, 0.3) is 0 Å². The molecule has 1 aliphatic heterocycles. The minimum Gasteiger partial charge on any atom is -0.495 e. The Kier molecular flexibility index (Phi) is 6.51. The van der Waals surface area contributed by atoms with E-state index in [9.17, 15) is 13.2 Å². The van der Waals surface area contributed by atoms with E-state index in [2.05, 4.69) is 5.32 Å². The molecular weight excluding hydrogens is 412 g/mol. The molecule has 0 radical (unpaired) electrons. The number of anilines is 1. The second-order valence-corrected chi connectivity index (χ2v) is 9.65. The first-order chi connectivity index (χ1) is 13.7. The Morgan fingerprint density at radius 1 is 1.21 bits per heavy atom. The number of aryl methyl sites for hydroxylation is 2. The van der Waals surface area contributed by atoms with Crippen LogP contribution in [0.25, 0.3) is 0 Å². The van der Waals surface area contributed by atoms with Crippen LogP contribution in [0.4, 0.5) is 5.69 Å². The number of sulfonamides is 1. The summed E-state index contributed by atoms with van der Waals surface area (Å²) in [5.41, 5.74) is 2.36. The largest absolute Gasteiger partial charge is 0.495 e. The number of halogens is 1. The van der Waals surface area contributed by atoms with Crippen molar-refractivity contribution in [3.05, 3.63) is 52.5 Å². The number of nitrogens with one attached hydrogen (secondary N) is 1. The van der Waals surface area contributed by atoms with Crippen LogP contribution in [0.2, 0.25) is 5.02 Å². The van der Waals surface area contributed by atoms with Crippen molar-refractivity contribution >= 4 is 33.2 Å². The number of carbonyl (C=O) groups excluding carboxylic acids is 1. The maximum absolute atomic E-state index is 13.2. The molecule has 1 N–H and O–H groups in total. The summed E-state index contributed by atoms with van der Waals surface area (Å²) in [7, 11) is -2.33. The maximum atomic E-state index is 13.2. The van der Waals surface area contributed by atoms with Crippen LogP contribution in [0, 0.1) is 19.8 Å². The van der Waals surface area contributed by atoms with Crippen LogP contribution in [0.1, 0.15) is 24.0 Å². The third kappa shape index (κ3) is 4.74. The van der Waals surface area contributed by atoms with Crippen molar-refractivity contribution in [3.63, 3.8) is 0 Å². The van der Waals surface area contributed by atoms with Crippen molar-refractivity contribution in [1.82, 2.24) is 4.31 Å². The summed E-state index contributed by atoms with van der Waals surface area (Å²) in [6.45, 7) is 4.22. The Hall–Kier alpha value is -2.09. The van der Waals surface area contributed by atoms with E-state index in [4.69, 9.17) is 16.3 Å². The van der Waals surface area contributed by atoms with Gasteiger partial charge in [-0.25, -0.2) is 8.42 Å². The average molecular weight is 437 g/mol. The Bertz CT molecular complexity index is 1020. The first kappa shape index (κ1) is 21.6. The summed E-state index contributed by atoms with van der Waals surface area (Å²) < 4.78 is 33.1. The third-order valence-corrected chi connectivity index (χ3v) is 7.27. The van der Waals surface area contributed by atoms with Gasteiger partial charge in [0, 0.05) is 23.8 Å². The monoisotopic (exact) mass is 436 g/mol. The fraction of sp³-hybridized carbons (Fsp3) is 0.381. The molecule has 2 aromatic rings. The van der Waals surface area contributed by atoms with E-state index in [1.54, 1.807) is 30.3 Å². The molecular formula is C21H25ClN2O4S. The fourth-order valence-electron chi connectivity index (χ4n) is 3.46. The maximum Gasteiger partial charge on any atom is 0.246 e. The molecule has 29 heavy (non-hydrogen) atoms. The Labute approximate surface area is 176 Å². The molecule has 0 unspecified atom stereocenters. The van der Waals surface area contributed by atoms with Gasteiger partial charge in [0.1, 0.15) is 10.6 Å². The fourth-order valence-corrected chi connectivity index (χ4v) is 5.40. The van der Waals surface area contributed by atoms with Gasteiger partial charge in [-0.2, -0.15) is 4.31 Å². The number of ether oxygens (including phenoxy) is 1. The number of piperidine rings is 1. The lowest BCUT2D eigenvalue weighted by atomic mass is 9.98. The molecule has 1 amide bonds. The van der Waals surface area contributed by atoms with Gasteiger partial charge in [0.15, 0.2) is 0 Å². The van der Waals surface area contributed by atoms with Gasteiger partial charge >= 0.3 is 0 Å². The summed E-state index contributed by atoms with van der Waals surface area (Å²) in [6, 6.07) is 10.4. The van der Waals surface area contributed by atoms with E-state index in [1.165, 1.54) is 11.4 Å². The quantitative estimate of drug-likeness (QED) is 0.768. The molecule has 1 fully saturated rings. The van der Waals surface area contributed by atoms with E-state index in [0.717, 1.165) is 11.1 Å². The first-order valence-corrected chi connectivity index (χ1v) is 11.3. The summed E-state index contributed by atoms with van der Waals surface area (Å²) in [5, 5.41) is 3.43. The van der Waals surface area contributed by atoms with Crippen LogP contribution >= 0.6 is 11.6 Å². The lowest BCUT2D eigenvalue weighted by Gasteiger charge is -2.31. The lowest BCUT2D eigenvalue weighted by Crippen LogP contribution is -2.43. The van der Waals surface area contributed by atoms with Crippen LogP contribution in [0.5, 0.6) is 5.75 Å². The normalized spacial score (nSPS) is 17.7. The highest BCUT2D eigenvalue weighted by Gasteiger charge is 2.35. The van der Waals surface area contributed by atoms with Gasteiger partial charge in [0.05, 0.1) is 13.0 Å². The van der Waals surface area contributed by atoms with Crippen molar-refractivity contribution < 1.29 is 17.9 Å². The molecule has 0 aromatic heterocycles. The highest BCUT2D eigenvalue weighted by molar-refractivity contribution is 7.89. The van der Waals surface area contributed by atoms with Gasteiger partial charge < -0.3 is 10.1 Å². The number of methoxy groups -OCH3 is 1. The van der Waals surface area contributed by atoms with Crippen LogP contribution in [-0.4, -0.2) is 38.8 Å². The van der Waals surface area contributed by atoms with E-state index in [0.29, 0.717) is 35.8 Å². The van der Waals surface area contributed by atoms with Gasteiger partial charge in [-0.05, 0) is 62.1 Å². The summed E-state index contributed by atoms with van der Waals surface area (Å²) in [6.07, 6.45) is 1.24. The van der Waals surface area contributed by atoms with Crippen LogP contribution in [0.15, 0.2) is 41.3 Å². The molecule has 0 saturated carbocycles. The zero-order valence-corrected chi connectivity index (χ0v) is 18.3. The number of nitrogens with zero attached hydrogens (tertiary/aromatic N) is 1. The highest BCUT2D eigenvalue weighted by Crippen LogP contribution is 2.31. The van der Waals surface area contributed by atoms with Crippen molar-refractivity contribution in [1.29, 1.82) is 0 Å². The van der Waals surface area contributed by atoms with E-state index < -0.39 is 15.9 Å². The molecule has 8 heteroatoms. The molecule has 2 aromatic carbocycles. The lowest BCUT2D eigenvalue weighted by molar-refractivity contribution is -0.120. The zero-order valence-electron chi connectivity index (χ0n) is 16.7. The zero-order chi connectivity index (χ0) is 21.2. The van der Waals surface area contributed by atoms with Crippen LogP contribution in [0.3, 0.4) is 0 Å². The molecule has 3 rings (SSSR count). The topological polar surface area (TPSA) is 75.7 Å². The molecule has 1 heterocycles. The van der Waals surface area contributed by atoms with Crippen molar-refractivity contribution in [3.8, 4) is 5.75 Å². The number of hydrogen-bond donors (Lipinski definition) is 1. The Morgan fingerprint density at radius 2 is 1.97 bits per heavy atom. The SMILES string of the molecule is COc1ccc(C)cc1S(=O)(=O)N1CCC[C@@H](C(=O)Nc2cc(Cl)ccc2C)C1. The second-order valence-electron chi connectivity index (χ2n) is 7.31. The number of amides is 1. The number of rotatable bonds is 5. The number of carbonyl (C=O) groups is 1. The Morgan fingerprint density at radius 3 is 2.69 bits per heavy atom. The number of benzene rings is 2. The smallest absolute Gasteiger partial charge is 0.246 e. The first-order valence-electron chi connectivity index (χ1n) is 9.44. The van der Waals surface area contributed by atoms with E-state index >= 15 is 0 Å². The van der Waals surface area contributed by atoms with Gasteiger partial charge in [-0.1, -0.05) is 23.7 Å². The van der Waals surface area contributed by atoms with Crippen LogP contribution in [-0.2, 0) is 14.8 Å². The van der Waals surface area contributed by atoms with Gasteiger partial charge in [0.2, 0.25) is 15.9 Å². The number of hydrogen-bond acceptors (Lipinski definition) is 4. The molecule has 0 aliphatic carbocycles. The van der Waals surface area contributed by atoms with Crippen molar-refractivity contribution in [2.24, 2.45) is 5.92 Å². The van der Waals surface area contributed by atoms with E-state index in [1.807, 2.05) is 19.9 Å². The standard InChI is InChI=1S/C21H25ClN2O4S/c1-14-6-9-19(28-3)20(11-14)29(26,27)24-10-4-5-16(13-24)21(25)23-18-12-17(22)8-7-15(18)2/h6-9,11-12,16H,4-5,10,13H2,1-3H3,(H,23,25)/t16-/m1/s1. The summed E-state index contributed by atoms with van der Waals surface area (Å²) in [5.74, 6) is -0.337. The molecule has 1 saturated heterocycles. The predicted molar refractivity (Wildman–Crippen MR) is 114 cm³/mol. The average Bonchev–Trinajstić information content (AvgIpc) is 2.70. The molecule has 0 bridgehead atoms. The van der Waals surface area contributed by atoms with Gasteiger partial charge in [-0.15, -0.1) is 0 Å². The molecule has 156 valence electrons. The molecule has 0 spiro atoms. The minimum absolute atomic E-state index is 0.130. The van der Waals surface area contributed by atoms with Crippen molar-refractivity contribution in [2.75, 3.05) is 25.5 Å². The summed E-state index contributed by atoms with van der Waals surface area (Å²) in [4.78, 5) is 12.9. The third-order valence-electron chi connectivity index (χ3n) is 5.15. The molecule has 1 atom stereocenters. The Balaban J connectivity index is 1.80.